The van der Waals surface area contributed by atoms with Crippen LogP contribution in [0, 0.1) is 5.92 Å². The molecule has 1 atom stereocenters. The van der Waals surface area contributed by atoms with Crippen LogP contribution in [0.2, 0.25) is 0 Å². The summed E-state index contributed by atoms with van der Waals surface area (Å²) in [5.74, 6) is 0.514. The topological polar surface area (TPSA) is 84.6 Å². The molecule has 0 fully saturated rings. The number of methoxy groups -OCH3 is 1. The number of aliphatic hydroxyl groups excluding tert-OH is 1. The van der Waals surface area contributed by atoms with Crippen LogP contribution in [0.5, 0.6) is 5.75 Å². The van der Waals surface area contributed by atoms with Crippen molar-refractivity contribution < 1.29 is 14.6 Å². The summed E-state index contributed by atoms with van der Waals surface area (Å²) in [6.07, 6.45) is 2.69. The second kappa shape index (κ2) is 8.43. The zero-order valence-corrected chi connectivity index (χ0v) is 12.2. The summed E-state index contributed by atoms with van der Waals surface area (Å²) in [7, 11) is 1.51. The van der Waals surface area contributed by atoms with Gasteiger partial charge in [-0.25, -0.2) is 0 Å². The van der Waals surface area contributed by atoms with Gasteiger partial charge in [-0.15, -0.1) is 0 Å². The molecule has 0 aliphatic rings. The molecule has 0 aliphatic heterocycles. The summed E-state index contributed by atoms with van der Waals surface area (Å²) >= 11 is 0. The van der Waals surface area contributed by atoms with Crippen molar-refractivity contribution >= 4 is 11.6 Å². The fraction of sp³-hybridized carbons (Fsp3) is 0.533. The maximum Gasteiger partial charge on any atom is 0.257 e. The Morgan fingerprint density at radius 3 is 2.80 bits per heavy atom. The minimum atomic E-state index is -0.237. The van der Waals surface area contributed by atoms with Crippen LogP contribution in [-0.2, 0) is 0 Å². The summed E-state index contributed by atoms with van der Waals surface area (Å²) in [4.78, 5) is 12.2. The zero-order valence-electron chi connectivity index (χ0n) is 12.2. The summed E-state index contributed by atoms with van der Waals surface area (Å²) < 4.78 is 5.17. The molecule has 1 unspecified atom stereocenters. The molecule has 0 aromatic heterocycles. The van der Waals surface area contributed by atoms with Gasteiger partial charge in [0.05, 0.1) is 7.11 Å². The molecule has 1 aromatic carbocycles. The van der Waals surface area contributed by atoms with Crippen molar-refractivity contribution in [2.75, 3.05) is 26.0 Å². The van der Waals surface area contributed by atoms with Crippen LogP contribution in [-0.4, -0.2) is 31.3 Å². The lowest BCUT2D eigenvalue weighted by atomic mass is 10.00. The molecule has 0 saturated heterocycles. The predicted octanol–water partition coefficient (Wildman–Crippen LogP) is 1.81. The number of ether oxygens (including phenoxy) is 1. The van der Waals surface area contributed by atoms with E-state index in [-0.39, 0.29) is 18.4 Å². The molecule has 1 aromatic rings. The number of anilines is 1. The van der Waals surface area contributed by atoms with Crippen molar-refractivity contribution in [3.63, 3.8) is 0 Å². The molecule has 1 rings (SSSR count). The standard InChI is InChI=1S/C15H24N2O3/c1-3-5-11(8-9-18)10-17-15(19)14-12(16)6-4-7-13(14)20-2/h4,6-7,11,18H,3,5,8-10,16H2,1-2H3,(H,17,19). The minimum Gasteiger partial charge on any atom is -0.496 e. The molecule has 5 nitrogen and oxygen atoms in total. The fourth-order valence-electron chi connectivity index (χ4n) is 2.23. The van der Waals surface area contributed by atoms with Gasteiger partial charge in [-0.05, 0) is 30.9 Å². The number of nitrogen functional groups attached to an aromatic ring is 1. The first-order valence-corrected chi connectivity index (χ1v) is 6.95. The first-order chi connectivity index (χ1) is 9.63. The van der Waals surface area contributed by atoms with E-state index in [0.29, 0.717) is 30.0 Å². The largest absolute Gasteiger partial charge is 0.496 e. The van der Waals surface area contributed by atoms with E-state index in [1.807, 2.05) is 0 Å². The molecular formula is C15H24N2O3. The van der Waals surface area contributed by atoms with Crippen LogP contribution in [0.15, 0.2) is 18.2 Å². The third-order valence-corrected chi connectivity index (χ3v) is 3.29. The number of hydrogen-bond donors (Lipinski definition) is 3. The van der Waals surface area contributed by atoms with Crippen LogP contribution in [0.3, 0.4) is 0 Å². The van der Waals surface area contributed by atoms with Crippen LogP contribution in [0.4, 0.5) is 5.69 Å². The Morgan fingerprint density at radius 2 is 2.20 bits per heavy atom. The van der Waals surface area contributed by atoms with Gasteiger partial charge in [-0.2, -0.15) is 0 Å². The molecule has 0 aliphatic carbocycles. The Hall–Kier alpha value is -1.75. The summed E-state index contributed by atoms with van der Waals surface area (Å²) in [5, 5.41) is 11.9. The third-order valence-electron chi connectivity index (χ3n) is 3.29. The molecule has 0 bridgehead atoms. The molecule has 0 saturated carbocycles. The number of carbonyl (C=O) groups is 1. The third kappa shape index (κ3) is 4.42. The van der Waals surface area contributed by atoms with E-state index in [9.17, 15) is 4.79 Å². The number of nitrogens with one attached hydrogen (secondary N) is 1. The van der Waals surface area contributed by atoms with Crippen molar-refractivity contribution in [1.29, 1.82) is 0 Å². The van der Waals surface area contributed by atoms with Crippen molar-refractivity contribution in [1.82, 2.24) is 5.32 Å². The SMILES string of the molecule is CCCC(CCO)CNC(=O)c1c(N)cccc1OC. The van der Waals surface area contributed by atoms with E-state index < -0.39 is 0 Å². The van der Waals surface area contributed by atoms with Crippen molar-refractivity contribution in [2.24, 2.45) is 5.92 Å². The molecule has 20 heavy (non-hydrogen) atoms. The highest BCUT2D eigenvalue weighted by Crippen LogP contribution is 2.24. The Labute approximate surface area is 120 Å². The van der Waals surface area contributed by atoms with Gasteiger partial charge >= 0.3 is 0 Å². The van der Waals surface area contributed by atoms with E-state index in [1.54, 1.807) is 18.2 Å². The number of carbonyl (C=O) groups excluding carboxylic acids is 1. The monoisotopic (exact) mass is 280 g/mol. The highest BCUT2D eigenvalue weighted by molar-refractivity contribution is 6.01. The smallest absolute Gasteiger partial charge is 0.257 e. The second-order valence-corrected chi connectivity index (χ2v) is 4.80. The van der Waals surface area contributed by atoms with Crippen molar-refractivity contribution in [2.45, 2.75) is 26.2 Å². The lowest BCUT2D eigenvalue weighted by Gasteiger charge is -2.17. The zero-order chi connectivity index (χ0) is 15.0. The number of rotatable bonds is 8. The van der Waals surface area contributed by atoms with Gasteiger partial charge in [0.1, 0.15) is 11.3 Å². The maximum absolute atomic E-state index is 12.2. The van der Waals surface area contributed by atoms with Gasteiger partial charge in [-0.1, -0.05) is 19.4 Å². The van der Waals surface area contributed by atoms with Crippen LogP contribution >= 0.6 is 0 Å². The molecule has 1 amide bonds. The van der Waals surface area contributed by atoms with E-state index in [4.69, 9.17) is 15.6 Å². The van der Waals surface area contributed by atoms with E-state index in [1.165, 1.54) is 7.11 Å². The average Bonchev–Trinajstić information content (AvgIpc) is 2.44. The molecule has 0 spiro atoms. The average molecular weight is 280 g/mol. The maximum atomic E-state index is 12.2. The van der Waals surface area contributed by atoms with E-state index in [0.717, 1.165) is 12.8 Å². The van der Waals surface area contributed by atoms with Crippen LogP contribution in [0.1, 0.15) is 36.5 Å². The van der Waals surface area contributed by atoms with E-state index >= 15 is 0 Å². The first kappa shape index (κ1) is 16.3. The molecule has 5 heteroatoms. The number of nitrogens with two attached hydrogens (primary N) is 1. The molecule has 0 radical (unpaired) electrons. The van der Waals surface area contributed by atoms with Crippen molar-refractivity contribution in [3.05, 3.63) is 23.8 Å². The van der Waals surface area contributed by atoms with Gasteiger partial charge in [0.2, 0.25) is 0 Å². The number of hydrogen-bond acceptors (Lipinski definition) is 4. The summed E-state index contributed by atoms with van der Waals surface area (Å²) in [5.41, 5.74) is 6.61. The molecule has 112 valence electrons. The number of benzene rings is 1. The normalized spacial score (nSPS) is 11.9. The highest BCUT2D eigenvalue weighted by Gasteiger charge is 2.17. The minimum absolute atomic E-state index is 0.136. The molecular weight excluding hydrogens is 256 g/mol. The first-order valence-electron chi connectivity index (χ1n) is 6.95. The predicted molar refractivity (Wildman–Crippen MR) is 79.8 cm³/mol. The Morgan fingerprint density at radius 1 is 1.45 bits per heavy atom. The second-order valence-electron chi connectivity index (χ2n) is 4.80. The molecule has 4 N–H and O–H groups in total. The van der Waals surface area contributed by atoms with Gasteiger partial charge < -0.3 is 20.9 Å². The van der Waals surface area contributed by atoms with Gasteiger partial charge in [-0.3, -0.25) is 4.79 Å². The van der Waals surface area contributed by atoms with Crippen LogP contribution in [0.25, 0.3) is 0 Å². The van der Waals surface area contributed by atoms with Crippen molar-refractivity contribution in [3.8, 4) is 5.75 Å². The van der Waals surface area contributed by atoms with Gasteiger partial charge in [0, 0.05) is 18.8 Å². The lowest BCUT2D eigenvalue weighted by Crippen LogP contribution is -2.30. The Bertz CT molecular complexity index is 429. The van der Waals surface area contributed by atoms with Crippen LogP contribution < -0.4 is 15.8 Å². The quantitative estimate of drug-likeness (QED) is 0.634. The van der Waals surface area contributed by atoms with E-state index in [2.05, 4.69) is 12.2 Å². The lowest BCUT2D eigenvalue weighted by molar-refractivity contribution is 0.0941. The number of aliphatic hydroxyl groups is 1. The Balaban J connectivity index is 2.71. The molecule has 0 heterocycles. The summed E-state index contributed by atoms with van der Waals surface area (Å²) in [6, 6.07) is 5.13. The number of amides is 1. The highest BCUT2D eigenvalue weighted by atomic mass is 16.5. The van der Waals surface area contributed by atoms with Gasteiger partial charge in [0.15, 0.2) is 0 Å². The summed E-state index contributed by atoms with van der Waals surface area (Å²) in [6.45, 7) is 2.76. The fourth-order valence-corrected chi connectivity index (χ4v) is 2.23. The Kier molecular flexibility index (Phi) is 6.87. The van der Waals surface area contributed by atoms with Gasteiger partial charge in [0.25, 0.3) is 5.91 Å².